The van der Waals surface area contributed by atoms with Crippen LogP contribution in [0.15, 0.2) is 0 Å². The second-order valence-electron chi connectivity index (χ2n) is 6.34. The lowest BCUT2D eigenvalue weighted by atomic mass is 9.97. The van der Waals surface area contributed by atoms with Crippen LogP contribution in [0.3, 0.4) is 0 Å². The van der Waals surface area contributed by atoms with E-state index in [9.17, 15) is 9.59 Å². The van der Waals surface area contributed by atoms with Crippen LogP contribution < -0.4 is 0 Å². The molecule has 2 fully saturated rings. The van der Waals surface area contributed by atoms with E-state index in [0.717, 1.165) is 25.8 Å². The quantitative estimate of drug-likeness (QED) is 0.775. The van der Waals surface area contributed by atoms with Crippen LogP contribution in [0.4, 0.5) is 0 Å². The third kappa shape index (κ3) is 3.57. The van der Waals surface area contributed by atoms with Crippen molar-refractivity contribution in [1.82, 2.24) is 9.80 Å². The summed E-state index contributed by atoms with van der Waals surface area (Å²) in [5, 5.41) is 0. The molecule has 0 aromatic heterocycles. The molecule has 0 aliphatic carbocycles. The minimum absolute atomic E-state index is 0.0450. The van der Waals surface area contributed by atoms with Gasteiger partial charge in [0.1, 0.15) is 0 Å². The van der Waals surface area contributed by atoms with Gasteiger partial charge in [0.2, 0.25) is 11.8 Å². The summed E-state index contributed by atoms with van der Waals surface area (Å²) in [5.74, 6) is 0.105. The molecule has 0 unspecified atom stereocenters. The third-order valence-corrected chi connectivity index (χ3v) is 4.83. The number of piperidine rings is 1. The Labute approximate surface area is 127 Å². The summed E-state index contributed by atoms with van der Waals surface area (Å²) in [7, 11) is 1.64. The predicted octanol–water partition coefficient (Wildman–Crippen LogP) is 1.66. The molecule has 2 aliphatic rings. The molecule has 0 aromatic carbocycles. The van der Waals surface area contributed by atoms with Crippen LogP contribution in [-0.4, -0.2) is 60.5 Å². The zero-order chi connectivity index (χ0) is 15.4. The van der Waals surface area contributed by atoms with Crippen molar-refractivity contribution in [1.29, 1.82) is 0 Å². The number of hydrogen-bond donors (Lipinski definition) is 0. The summed E-state index contributed by atoms with van der Waals surface area (Å²) in [4.78, 5) is 28.7. The van der Waals surface area contributed by atoms with Gasteiger partial charge >= 0.3 is 0 Å². The van der Waals surface area contributed by atoms with E-state index in [2.05, 4.69) is 6.92 Å². The molecular weight excluding hydrogens is 268 g/mol. The highest BCUT2D eigenvalue weighted by atomic mass is 16.5. The fourth-order valence-electron chi connectivity index (χ4n) is 3.60. The highest BCUT2D eigenvalue weighted by Crippen LogP contribution is 2.27. The monoisotopic (exact) mass is 296 g/mol. The molecule has 2 heterocycles. The highest BCUT2D eigenvalue weighted by molar-refractivity contribution is 5.89. The van der Waals surface area contributed by atoms with Gasteiger partial charge in [-0.05, 0) is 32.6 Å². The van der Waals surface area contributed by atoms with Crippen LogP contribution in [0, 0.1) is 5.92 Å². The maximum absolute atomic E-state index is 12.8. The van der Waals surface area contributed by atoms with Gasteiger partial charge in [-0.3, -0.25) is 9.59 Å². The van der Waals surface area contributed by atoms with E-state index < -0.39 is 0 Å². The molecule has 0 bridgehead atoms. The average Bonchev–Trinajstić information content (AvgIpc) is 2.88. The molecule has 2 amide bonds. The van der Waals surface area contributed by atoms with E-state index in [1.165, 1.54) is 6.42 Å². The van der Waals surface area contributed by atoms with E-state index in [0.29, 0.717) is 25.6 Å². The van der Waals surface area contributed by atoms with Gasteiger partial charge in [0.25, 0.3) is 0 Å². The molecule has 120 valence electrons. The van der Waals surface area contributed by atoms with Crippen molar-refractivity contribution < 1.29 is 14.3 Å². The first kappa shape index (κ1) is 16.3. The predicted molar refractivity (Wildman–Crippen MR) is 80.8 cm³/mol. The Morgan fingerprint density at radius 1 is 1.43 bits per heavy atom. The van der Waals surface area contributed by atoms with Crippen LogP contribution in [0.25, 0.3) is 0 Å². The maximum atomic E-state index is 12.8. The summed E-state index contributed by atoms with van der Waals surface area (Å²) >= 11 is 0. The number of likely N-dealkylation sites (tertiary alicyclic amines) is 2. The summed E-state index contributed by atoms with van der Waals surface area (Å²) < 4.78 is 5.12. The van der Waals surface area contributed by atoms with E-state index in [1.54, 1.807) is 12.0 Å². The van der Waals surface area contributed by atoms with Crippen LogP contribution in [0.5, 0.6) is 0 Å². The fourth-order valence-corrected chi connectivity index (χ4v) is 3.60. The Bertz CT molecular complexity index is 386. The topological polar surface area (TPSA) is 49.9 Å². The van der Waals surface area contributed by atoms with Crippen molar-refractivity contribution in [2.24, 2.45) is 5.92 Å². The van der Waals surface area contributed by atoms with Crippen molar-refractivity contribution in [3.05, 3.63) is 0 Å². The van der Waals surface area contributed by atoms with Gasteiger partial charge in [0.15, 0.2) is 0 Å². The van der Waals surface area contributed by atoms with E-state index in [1.807, 2.05) is 11.8 Å². The minimum Gasteiger partial charge on any atom is -0.383 e. The van der Waals surface area contributed by atoms with Gasteiger partial charge in [-0.25, -0.2) is 0 Å². The highest BCUT2D eigenvalue weighted by Gasteiger charge is 2.40. The largest absolute Gasteiger partial charge is 0.383 e. The first-order valence-corrected chi connectivity index (χ1v) is 8.17. The molecule has 2 aliphatic heterocycles. The fraction of sp³-hybridized carbons (Fsp3) is 0.875. The smallest absolute Gasteiger partial charge is 0.228 e. The molecule has 2 saturated heterocycles. The van der Waals surface area contributed by atoms with Crippen LogP contribution >= 0.6 is 0 Å². The number of carbonyl (C=O) groups is 2. The van der Waals surface area contributed by atoms with Crippen molar-refractivity contribution in [2.45, 2.75) is 58.0 Å². The zero-order valence-electron chi connectivity index (χ0n) is 13.5. The summed E-state index contributed by atoms with van der Waals surface area (Å²) in [6.07, 6.45) is 4.78. The zero-order valence-corrected chi connectivity index (χ0v) is 13.5. The van der Waals surface area contributed by atoms with Crippen molar-refractivity contribution in [2.75, 3.05) is 26.8 Å². The number of amides is 2. The molecule has 0 spiro atoms. The number of methoxy groups -OCH3 is 1. The lowest BCUT2D eigenvalue weighted by Gasteiger charge is -2.37. The minimum atomic E-state index is -0.163. The second kappa shape index (κ2) is 7.25. The molecule has 0 saturated carbocycles. The molecule has 5 heteroatoms. The molecule has 0 N–H and O–H groups in total. The van der Waals surface area contributed by atoms with Gasteiger partial charge in [-0.2, -0.15) is 0 Å². The Morgan fingerprint density at radius 2 is 2.19 bits per heavy atom. The van der Waals surface area contributed by atoms with Gasteiger partial charge in [0, 0.05) is 32.7 Å². The normalized spacial score (nSPS) is 28.0. The number of hydrogen-bond acceptors (Lipinski definition) is 3. The molecule has 0 aromatic rings. The van der Waals surface area contributed by atoms with Gasteiger partial charge in [-0.15, -0.1) is 0 Å². The number of carbonyl (C=O) groups excluding carboxylic acids is 2. The first-order chi connectivity index (χ1) is 10.1. The van der Waals surface area contributed by atoms with E-state index in [-0.39, 0.29) is 23.8 Å². The summed E-state index contributed by atoms with van der Waals surface area (Å²) in [6, 6.07) is 0.412. The van der Waals surface area contributed by atoms with Gasteiger partial charge in [-0.1, -0.05) is 6.92 Å². The van der Waals surface area contributed by atoms with Crippen molar-refractivity contribution >= 4 is 11.8 Å². The Morgan fingerprint density at radius 3 is 2.86 bits per heavy atom. The number of nitrogens with zero attached hydrogens (tertiary/aromatic N) is 2. The summed E-state index contributed by atoms with van der Waals surface area (Å²) in [5.41, 5.74) is 0. The molecule has 0 radical (unpaired) electrons. The molecule has 21 heavy (non-hydrogen) atoms. The Balaban J connectivity index is 1.99. The first-order valence-electron chi connectivity index (χ1n) is 8.17. The second-order valence-corrected chi connectivity index (χ2v) is 6.34. The standard InChI is InChI=1S/C16H28N2O3/c1-4-14-7-5-6-8-17(14)16(20)13-9-15(19)18(10-13)12(2)11-21-3/h12-14H,4-11H2,1-3H3/t12-,13-,14+/m0/s1. The average molecular weight is 296 g/mol. The SMILES string of the molecule is CC[C@@H]1CCCCN1C(=O)[C@H]1CC(=O)N([C@@H](C)COC)C1. The molecule has 2 rings (SSSR count). The van der Waals surface area contributed by atoms with Crippen LogP contribution in [0.1, 0.15) is 46.0 Å². The third-order valence-electron chi connectivity index (χ3n) is 4.83. The maximum Gasteiger partial charge on any atom is 0.228 e. The van der Waals surface area contributed by atoms with Gasteiger partial charge in [0.05, 0.1) is 18.6 Å². The van der Waals surface area contributed by atoms with Crippen LogP contribution in [0.2, 0.25) is 0 Å². The van der Waals surface area contributed by atoms with Crippen molar-refractivity contribution in [3.63, 3.8) is 0 Å². The molecule has 5 nitrogen and oxygen atoms in total. The van der Waals surface area contributed by atoms with E-state index in [4.69, 9.17) is 4.74 Å². The van der Waals surface area contributed by atoms with E-state index >= 15 is 0 Å². The Hall–Kier alpha value is -1.10. The van der Waals surface area contributed by atoms with Crippen molar-refractivity contribution in [3.8, 4) is 0 Å². The lowest BCUT2D eigenvalue weighted by molar-refractivity contribution is -0.139. The van der Waals surface area contributed by atoms with Gasteiger partial charge < -0.3 is 14.5 Å². The number of ether oxygens (including phenoxy) is 1. The number of rotatable bonds is 5. The summed E-state index contributed by atoms with van der Waals surface area (Å²) in [6.45, 7) is 6.05. The lowest BCUT2D eigenvalue weighted by Crippen LogP contribution is -2.47. The van der Waals surface area contributed by atoms with Crippen LogP contribution in [-0.2, 0) is 14.3 Å². The molecule has 3 atom stereocenters. The Kier molecular flexibility index (Phi) is 5.62. The molecular formula is C16H28N2O3.